The summed E-state index contributed by atoms with van der Waals surface area (Å²) >= 11 is 0. The number of aliphatic carboxylic acids is 1. The van der Waals surface area contributed by atoms with Gasteiger partial charge in [-0.1, -0.05) is 33.1 Å². The molecule has 0 aromatic heterocycles. The number of hydrogen-bond acceptors (Lipinski definition) is 2. The highest BCUT2D eigenvalue weighted by molar-refractivity contribution is 5.76. The number of amides is 2. The molecule has 0 heterocycles. The lowest BCUT2D eigenvalue weighted by molar-refractivity contribution is -0.142. The van der Waals surface area contributed by atoms with Crippen molar-refractivity contribution in [1.82, 2.24) is 10.2 Å². The number of hydrogen-bond donors (Lipinski definition) is 2. The second kappa shape index (κ2) is 8.12. The Morgan fingerprint density at radius 1 is 1.25 bits per heavy atom. The molecule has 1 aliphatic rings. The summed E-state index contributed by atoms with van der Waals surface area (Å²) in [6, 6.07) is -0.382. The van der Waals surface area contributed by atoms with Crippen molar-refractivity contribution in [2.75, 3.05) is 13.6 Å². The maximum atomic E-state index is 12.1. The Labute approximate surface area is 121 Å². The van der Waals surface area contributed by atoms with Gasteiger partial charge < -0.3 is 15.3 Å². The Kier molecular flexibility index (Phi) is 6.82. The van der Waals surface area contributed by atoms with Crippen molar-refractivity contribution in [3.05, 3.63) is 0 Å². The van der Waals surface area contributed by atoms with Gasteiger partial charge in [0.2, 0.25) is 0 Å². The molecule has 0 spiro atoms. The molecule has 5 nitrogen and oxygen atoms in total. The van der Waals surface area contributed by atoms with E-state index in [-0.39, 0.29) is 12.1 Å². The van der Waals surface area contributed by atoms with Crippen molar-refractivity contribution in [2.24, 2.45) is 11.8 Å². The van der Waals surface area contributed by atoms with Crippen LogP contribution in [0.25, 0.3) is 0 Å². The molecule has 116 valence electrons. The maximum absolute atomic E-state index is 12.1. The molecule has 2 N–H and O–H groups in total. The lowest BCUT2D eigenvalue weighted by Crippen LogP contribution is -2.48. The molecule has 1 aliphatic carbocycles. The van der Waals surface area contributed by atoms with Crippen LogP contribution in [0.4, 0.5) is 4.79 Å². The van der Waals surface area contributed by atoms with Crippen LogP contribution in [-0.2, 0) is 4.79 Å². The molecule has 0 saturated heterocycles. The van der Waals surface area contributed by atoms with Crippen molar-refractivity contribution in [2.45, 2.75) is 58.4 Å². The molecular weight excluding hydrogens is 256 g/mol. The van der Waals surface area contributed by atoms with E-state index < -0.39 is 11.9 Å². The van der Waals surface area contributed by atoms with Crippen molar-refractivity contribution >= 4 is 12.0 Å². The predicted octanol–water partition coefficient (Wildman–Crippen LogP) is 2.71. The highest BCUT2D eigenvalue weighted by Crippen LogP contribution is 2.24. The first kappa shape index (κ1) is 16.8. The van der Waals surface area contributed by atoms with Crippen LogP contribution in [0.3, 0.4) is 0 Å². The fourth-order valence-electron chi connectivity index (χ4n) is 2.60. The van der Waals surface area contributed by atoms with E-state index in [1.54, 1.807) is 11.9 Å². The molecule has 0 aliphatic heterocycles. The zero-order chi connectivity index (χ0) is 15.1. The van der Waals surface area contributed by atoms with Gasteiger partial charge in [-0.3, -0.25) is 4.79 Å². The third-order valence-corrected chi connectivity index (χ3v) is 4.03. The molecule has 0 bridgehead atoms. The van der Waals surface area contributed by atoms with Crippen molar-refractivity contribution in [3.63, 3.8) is 0 Å². The Bertz CT molecular complexity index is 331. The smallest absolute Gasteiger partial charge is 0.317 e. The molecule has 2 amide bonds. The number of carboxylic acids is 1. The molecule has 0 radical (unpaired) electrons. The minimum absolute atomic E-state index is 0.149. The molecule has 2 unspecified atom stereocenters. The van der Waals surface area contributed by atoms with Crippen LogP contribution >= 0.6 is 0 Å². The monoisotopic (exact) mass is 284 g/mol. The summed E-state index contributed by atoms with van der Waals surface area (Å²) in [6.07, 6.45) is 5.37. The fraction of sp³-hybridized carbons (Fsp3) is 0.867. The van der Waals surface area contributed by atoms with Crippen LogP contribution < -0.4 is 5.32 Å². The first-order valence-corrected chi connectivity index (χ1v) is 7.66. The Morgan fingerprint density at radius 3 is 2.50 bits per heavy atom. The lowest BCUT2D eigenvalue weighted by atomic mass is 9.95. The number of urea groups is 1. The van der Waals surface area contributed by atoms with Crippen LogP contribution in [0.5, 0.6) is 0 Å². The Hall–Kier alpha value is -1.26. The predicted molar refractivity (Wildman–Crippen MR) is 78.6 cm³/mol. The standard InChI is InChI=1S/C15H28N2O3/c1-11(2)9-10-17(3)15(20)16-13-8-6-4-5-7-12(13)14(18)19/h11-13H,4-10H2,1-3H3,(H,16,20)(H,18,19). The molecule has 5 heteroatoms. The third kappa shape index (κ3) is 5.39. The molecule has 1 rings (SSSR count). The van der Waals surface area contributed by atoms with E-state index in [2.05, 4.69) is 19.2 Å². The van der Waals surface area contributed by atoms with Crippen LogP contribution in [0, 0.1) is 11.8 Å². The number of carbonyl (C=O) groups excluding carboxylic acids is 1. The summed E-state index contributed by atoms with van der Waals surface area (Å²) in [5, 5.41) is 12.2. The van der Waals surface area contributed by atoms with Gasteiger partial charge in [0.1, 0.15) is 0 Å². The first-order chi connectivity index (χ1) is 9.41. The lowest BCUT2D eigenvalue weighted by Gasteiger charge is -2.26. The van der Waals surface area contributed by atoms with Crippen LogP contribution in [0.2, 0.25) is 0 Å². The average molecular weight is 284 g/mol. The summed E-state index contributed by atoms with van der Waals surface area (Å²) in [5.74, 6) is -0.683. The second-order valence-corrected chi connectivity index (χ2v) is 6.24. The molecule has 2 atom stereocenters. The number of carbonyl (C=O) groups is 2. The van der Waals surface area contributed by atoms with Crippen molar-refractivity contribution < 1.29 is 14.7 Å². The quantitative estimate of drug-likeness (QED) is 0.763. The summed E-state index contributed by atoms with van der Waals surface area (Å²) in [6.45, 7) is 4.95. The molecule has 1 saturated carbocycles. The van der Waals surface area contributed by atoms with E-state index in [1.165, 1.54) is 0 Å². The minimum Gasteiger partial charge on any atom is -0.481 e. The normalized spacial score (nSPS) is 23.2. The summed E-state index contributed by atoms with van der Waals surface area (Å²) in [5.41, 5.74) is 0. The fourth-order valence-corrected chi connectivity index (χ4v) is 2.60. The highest BCUT2D eigenvalue weighted by atomic mass is 16.4. The number of carboxylic acid groups (broad SMARTS) is 1. The van der Waals surface area contributed by atoms with Crippen LogP contribution in [0.1, 0.15) is 52.4 Å². The van der Waals surface area contributed by atoms with E-state index in [0.717, 1.165) is 32.1 Å². The van der Waals surface area contributed by atoms with Gasteiger partial charge in [0.05, 0.1) is 5.92 Å². The van der Waals surface area contributed by atoms with Crippen LogP contribution in [-0.4, -0.2) is 41.6 Å². The molecule has 0 aromatic rings. The van der Waals surface area contributed by atoms with E-state index >= 15 is 0 Å². The summed E-state index contributed by atoms with van der Waals surface area (Å²) < 4.78 is 0. The van der Waals surface area contributed by atoms with Gasteiger partial charge in [0.15, 0.2) is 0 Å². The molecular formula is C15H28N2O3. The molecule has 20 heavy (non-hydrogen) atoms. The zero-order valence-corrected chi connectivity index (χ0v) is 12.9. The van der Waals surface area contributed by atoms with E-state index in [1.807, 2.05) is 0 Å². The maximum Gasteiger partial charge on any atom is 0.317 e. The van der Waals surface area contributed by atoms with Gasteiger partial charge in [-0.25, -0.2) is 4.79 Å². The second-order valence-electron chi connectivity index (χ2n) is 6.24. The van der Waals surface area contributed by atoms with Crippen LogP contribution in [0.15, 0.2) is 0 Å². The van der Waals surface area contributed by atoms with Crippen molar-refractivity contribution in [3.8, 4) is 0 Å². The third-order valence-electron chi connectivity index (χ3n) is 4.03. The van der Waals surface area contributed by atoms with Crippen molar-refractivity contribution in [1.29, 1.82) is 0 Å². The Morgan fingerprint density at radius 2 is 1.90 bits per heavy atom. The Balaban J connectivity index is 2.54. The summed E-state index contributed by atoms with van der Waals surface area (Å²) in [7, 11) is 1.77. The minimum atomic E-state index is -0.790. The van der Waals surface area contributed by atoms with Gasteiger partial charge in [0, 0.05) is 19.6 Å². The molecule has 1 fully saturated rings. The number of nitrogens with one attached hydrogen (secondary N) is 1. The largest absolute Gasteiger partial charge is 0.481 e. The topological polar surface area (TPSA) is 69.6 Å². The highest BCUT2D eigenvalue weighted by Gasteiger charge is 2.31. The zero-order valence-electron chi connectivity index (χ0n) is 12.9. The number of nitrogens with zero attached hydrogens (tertiary/aromatic N) is 1. The van der Waals surface area contributed by atoms with E-state index in [0.29, 0.717) is 18.9 Å². The average Bonchev–Trinajstić information content (AvgIpc) is 2.61. The van der Waals surface area contributed by atoms with Gasteiger partial charge in [0.25, 0.3) is 0 Å². The SMILES string of the molecule is CC(C)CCN(C)C(=O)NC1CCCCCC1C(=O)O. The van der Waals surface area contributed by atoms with Gasteiger partial charge in [-0.15, -0.1) is 0 Å². The van der Waals surface area contributed by atoms with Gasteiger partial charge >= 0.3 is 12.0 Å². The van der Waals surface area contributed by atoms with E-state index in [4.69, 9.17) is 0 Å². The molecule has 0 aromatic carbocycles. The van der Waals surface area contributed by atoms with Gasteiger partial charge in [-0.05, 0) is 25.2 Å². The number of rotatable bonds is 5. The van der Waals surface area contributed by atoms with Gasteiger partial charge in [-0.2, -0.15) is 0 Å². The first-order valence-electron chi connectivity index (χ1n) is 7.66. The summed E-state index contributed by atoms with van der Waals surface area (Å²) in [4.78, 5) is 25.1. The van der Waals surface area contributed by atoms with E-state index in [9.17, 15) is 14.7 Å².